The van der Waals surface area contributed by atoms with Gasteiger partial charge in [-0.25, -0.2) is 0 Å². The Morgan fingerprint density at radius 2 is 1.74 bits per heavy atom. The van der Waals surface area contributed by atoms with Crippen LogP contribution in [0.25, 0.3) is 0 Å². The van der Waals surface area contributed by atoms with Gasteiger partial charge in [-0.15, -0.1) is 0 Å². The molecule has 1 fully saturated rings. The Bertz CT molecular complexity index is 727. The van der Waals surface area contributed by atoms with E-state index in [1.165, 1.54) is 25.7 Å². The van der Waals surface area contributed by atoms with Gasteiger partial charge in [0.25, 0.3) is 0 Å². The molecule has 178 valence electrons. The second kappa shape index (κ2) is 9.13. The summed E-state index contributed by atoms with van der Waals surface area (Å²) >= 11 is 0. The molecule has 0 radical (unpaired) electrons. The lowest BCUT2D eigenvalue weighted by Gasteiger charge is -2.46. The quantitative estimate of drug-likeness (QED) is 0.225. The molecule has 0 bridgehead atoms. The molecule has 0 spiro atoms. The molecule has 2 aliphatic carbocycles. The molecule has 0 aromatic rings. The van der Waals surface area contributed by atoms with Crippen LogP contribution in [-0.2, 0) is 8.85 Å². The van der Waals surface area contributed by atoms with Gasteiger partial charge in [-0.2, -0.15) is 0 Å². The predicted octanol–water partition coefficient (Wildman–Crippen LogP) is 8.17. The van der Waals surface area contributed by atoms with Crippen LogP contribution in [0.2, 0.25) is 37.8 Å². The molecule has 2 aliphatic rings. The van der Waals surface area contributed by atoms with Crippen LogP contribution in [0.15, 0.2) is 11.6 Å². The first-order valence-corrected chi connectivity index (χ1v) is 18.8. The summed E-state index contributed by atoms with van der Waals surface area (Å²) in [5.74, 6) is 8.15. The minimum atomic E-state index is -1.83. The second-order valence-corrected chi connectivity index (χ2v) is 22.5. The zero-order valence-corrected chi connectivity index (χ0v) is 24.7. The highest BCUT2D eigenvalue weighted by atomic mass is 28.4. The third-order valence-electron chi connectivity index (χ3n) is 7.85. The molecule has 1 saturated carbocycles. The molecular formula is C27H50O2Si2. The first kappa shape index (κ1) is 26.9. The number of rotatable bonds is 6. The van der Waals surface area contributed by atoms with Gasteiger partial charge in [0, 0.05) is 12.5 Å². The average Bonchev–Trinajstić information content (AvgIpc) is 2.89. The van der Waals surface area contributed by atoms with Gasteiger partial charge in [0.2, 0.25) is 0 Å². The number of allylic oxidation sites excluding steroid dienone is 2. The Kier molecular flexibility index (Phi) is 7.92. The summed E-state index contributed by atoms with van der Waals surface area (Å²) in [5, 5.41) is 0.201. The summed E-state index contributed by atoms with van der Waals surface area (Å²) in [6.07, 6.45) is 8.89. The Labute approximate surface area is 196 Å². The first-order chi connectivity index (χ1) is 13.9. The topological polar surface area (TPSA) is 18.5 Å². The number of fused-ring (bicyclic) bond motifs is 1. The van der Waals surface area contributed by atoms with Gasteiger partial charge in [0.1, 0.15) is 5.60 Å². The maximum absolute atomic E-state index is 6.65. The summed E-state index contributed by atoms with van der Waals surface area (Å²) in [7, 11) is -3.35. The largest absolute Gasteiger partial charge is 0.414 e. The minimum absolute atomic E-state index is 0.201. The van der Waals surface area contributed by atoms with Crippen molar-refractivity contribution in [2.24, 2.45) is 17.3 Å². The Balaban J connectivity index is 2.06. The molecule has 4 heteroatoms. The maximum Gasteiger partial charge on any atom is 0.194 e. The van der Waals surface area contributed by atoms with Crippen molar-refractivity contribution < 1.29 is 8.85 Å². The zero-order chi connectivity index (χ0) is 23.9. The molecule has 0 aromatic carbocycles. The molecule has 0 N–H and O–H groups in total. The van der Waals surface area contributed by atoms with Gasteiger partial charge >= 0.3 is 0 Å². The van der Waals surface area contributed by atoms with Crippen LogP contribution in [0.3, 0.4) is 0 Å². The van der Waals surface area contributed by atoms with Gasteiger partial charge in [0.15, 0.2) is 16.6 Å². The zero-order valence-electron chi connectivity index (χ0n) is 22.7. The van der Waals surface area contributed by atoms with E-state index in [0.29, 0.717) is 17.9 Å². The van der Waals surface area contributed by atoms with Gasteiger partial charge in [-0.1, -0.05) is 64.5 Å². The van der Waals surface area contributed by atoms with Gasteiger partial charge in [0.05, 0.1) is 0 Å². The van der Waals surface area contributed by atoms with E-state index >= 15 is 0 Å². The Hall–Kier alpha value is -0.346. The molecule has 0 saturated heterocycles. The van der Waals surface area contributed by atoms with Gasteiger partial charge in [-0.05, 0) is 88.1 Å². The molecular weight excluding hydrogens is 412 g/mol. The van der Waals surface area contributed by atoms with Crippen LogP contribution < -0.4 is 0 Å². The summed E-state index contributed by atoms with van der Waals surface area (Å²) in [6, 6.07) is 0. The van der Waals surface area contributed by atoms with Crippen molar-refractivity contribution in [2.75, 3.05) is 0 Å². The molecule has 0 aromatic heterocycles. The van der Waals surface area contributed by atoms with Crippen LogP contribution in [0, 0.1) is 29.1 Å². The fraction of sp³-hybridized carbons (Fsp3) is 0.852. The first-order valence-electron chi connectivity index (χ1n) is 12.5. The molecule has 0 amide bonds. The van der Waals surface area contributed by atoms with Gasteiger partial charge < -0.3 is 8.85 Å². The highest BCUT2D eigenvalue weighted by Gasteiger charge is 2.49. The van der Waals surface area contributed by atoms with Crippen molar-refractivity contribution in [3.05, 3.63) is 11.6 Å². The van der Waals surface area contributed by atoms with Crippen molar-refractivity contribution in [1.29, 1.82) is 0 Å². The number of hydrogen-bond acceptors (Lipinski definition) is 2. The van der Waals surface area contributed by atoms with Crippen LogP contribution in [0.5, 0.6) is 0 Å². The molecule has 31 heavy (non-hydrogen) atoms. The molecule has 2 nitrogen and oxygen atoms in total. The van der Waals surface area contributed by atoms with Crippen molar-refractivity contribution in [1.82, 2.24) is 0 Å². The van der Waals surface area contributed by atoms with E-state index in [9.17, 15) is 0 Å². The predicted molar refractivity (Wildman–Crippen MR) is 140 cm³/mol. The maximum atomic E-state index is 6.65. The lowest BCUT2D eigenvalue weighted by molar-refractivity contribution is 0.0203. The van der Waals surface area contributed by atoms with E-state index in [-0.39, 0.29) is 16.1 Å². The summed E-state index contributed by atoms with van der Waals surface area (Å²) < 4.78 is 13.3. The van der Waals surface area contributed by atoms with E-state index in [1.807, 2.05) is 0 Å². The van der Waals surface area contributed by atoms with Crippen LogP contribution in [-0.4, -0.2) is 28.3 Å². The van der Waals surface area contributed by atoms with Crippen molar-refractivity contribution in [3.63, 3.8) is 0 Å². The normalized spacial score (nSPS) is 28.5. The lowest BCUT2D eigenvalue weighted by atomic mass is 9.63. The van der Waals surface area contributed by atoms with E-state index in [0.717, 1.165) is 6.42 Å². The van der Waals surface area contributed by atoms with Crippen molar-refractivity contribution in [3.8, 4) is 11.8 Å². The third kappa shape index (κ3) is 6.59. The molecule has 0 unspecified atom stereocenters. The van der Waals surface area contributed by atoms with Crippen LogP contribution in [0.4, 0.5) is 0 Å². The van der Waals surface area contributed by atoms with Crippen LogP contribution in [0.1, 0.15) is 80.6 Å². The summed E-state index contributed by atoms with van der Waals surface area (Å²) in [5.41, 5.74) is 1.54. The van der Waals surface area contributed by atoms with E-state index < -0.39 is 16.6 Å². The molecule has 2 rings (SSSR count). The smallest absolute Gasteiger partial charge is 0.194 e. The fourth-order valence-electron chi connectivity index (χ4n) is 5.43. The monoisotopic (exact) mass is 462 g/mol. The third-order valence-corrected chi connectivity index (χ3v) is 13.5. The summed E-state index contributed by atoms with van der Waals surface area (Å²) in [6.45, 7) is 27.6. The Morgan fingerprint density at radius 3 is 2.29 bits per heavy atom. The SMILES string of the molecule is C[C@H](CC#CC(C)(C)O[Si](C)(C)C(C)(C)C)C1=CC[C@H]2[C@@H](O[Si](C)(C)C)CCC[C@]12C. The molecule has 4 atom stereocenters. The molecule has 0 heterocycles. The van der Waals surface area contributed by atoms with Crippen molar-refractivity contribution >= 4 is 16.6 Å². The van der Waals surface area contributed by atoms with E-state index in [2.05, 4.69) is 99.1 Å². The highest BCUT2D eigenvalue weighted by Crippen LogP contribution is 2.56. The van der Waals surface area contributed by atoms with Gasteiger partial charge in [-0.3, -0.25) is 0 Å². The lowest BCUT2D eigenvalue weighted by Crippen LogP contribution is -2.47. The van der Waals surface area contributed by atoms with Crippen molar-refractivity contribution in [2.45, 2.75) is 130 Å². The second-order valence-electron chi connectivity index (χ2n) is 13.4. The number of hydrogen-bond donors (Lipinski definition) is 0. The van der Waals surface area contributed by atoms with E-state index in [1.54, 1.807) is 5.57 Å². The Morgan fingerprint density at radius 1 is 1.13 bits per heavy atom. The standard InChI is InChI=1S/C27H50O2Si2/c1-21(15-13-19-26(5,6)29-31(11,12)25(2,3)4)22-17-18-23-24(28-30(8,9)10)16-14-20-27(22,23)7/h17,21,23-24H,14-16,18,20H2,1-12H3/t21-,23+,24+,27-/m1/s1. The average molecular weight is 463 g/mol. The fourth-order valence-corrected chi connectivity index (χ4v) is 8.25. The summed E-state index contributed by atoms with van der Waals surface area (Å²) in [4.78, 5) is 0. The molecule has 0 aliphatic heterocycles. The van der Waals surface area contributed by atoms with E-state index in [4.69, 9.17) is 8.85 Å². The highest BCUT2D eigenvalue weighted by molar-refractivity contribution is 6.74. The minimum Gasteiger partial charge on any atom is -0.414 e. The van der Waals surface area contributed by atoms with Crippen LogP contribution >= 0.6 is 0 Å².